The summed E-state index contributed by atoms with van der Waals surface area (Å²) < 4.78 is 0. The van der Waals surface area contributed by atoms with Crippen LogP contribution >= 0.6 is 11.8 Å². The average Bonchev–Trinajstić information content (AvgIpc) is 2.69. The lowest BCUT2D eigenvalue weighted by Crippen LogP contribution is -2.36. The number of aryl methyl sites for hydroxylation is 1. The molecular formula is C20H16N4OS. The molecule has 0 saturated carbocycles. The van der Waals surface area contributed by atoms with E-state index in [9.17, 15) is 10.1 Å². The maximum Gasteiger partial charge on any atom is 0.270 e. The number of amides is 1. The predicted molar refractivity (Wildman–Crippen MR) is 102 cm³/mol. The molecule has 5 nitrogen and oxygen atoms in total. The molecule has 0 aliphatic carbocycles. The van der Waals surface area contributed by atoms with Gasteiger partial charge in [-0.15, -0.1) is 0 Å². The Labute approximate surface area is 156 Å². The predicted octanol–water partition coefficient (Wildman–Crippen LogP) is 4.06. The maximum absolute atomic E-state index is 12.8. The third kappa shape index (κ3) is 3.88. The summed E-state index contributed by atoms with van der Waals surface area (Å²) in [4.78, 5) is 15.3. The van der Waals surface area contributed by atoms with Gasteiger partial charge in [-0.05, 0) is 60.5 Å². The molecule has 26 heavy (non-hydrogen) atoms. The number of carbonyl (C=O) groups excluding carboxylic acids is 1. The highest BCUT2D eigenvalue weighted by atomic mass is 32.2. The molecule has 0 unspecified atom stereocenters. The second kappa shape index (κ2) is 8.24. The first-order valence-corrected chi connectivity index (χ1v) is 8.97. The van der Waals surface area contributed by atoms with Crippen LogP contribution in [0.5, 0.6) is 0 Å². The molecule has 1 aliphatic rings. The number of para-hydroxylation sites is 1. The molecule has 0 saturated heterocycles. The number of benzene rings is 2. The van der Waals surface area contributed by atoms with E-state index in [1.165, 1.54) is 6.20 Å². The van der Waals surface area contributed by atoms with Gasteiger partial charge in [0.1, 0.15) is 17.0 Å². The minimum absolute atomic E-state index is 0.0529. The smallest absolute Gasteiger partial charge is 0.270 e. The van der Waals surface area contributed by atoms with E-state index in [4.69, 9.17) is 5.26 Å². The topological polar surface area (TPSA) is 79.9 Å². The van der Waals surface area contributed by atoms with E-state index in [0.29, 0.717) is 6.54 Å². The van der Waals surface area contributed by atoms with E-state index >= 15 is 0 Å². The molecule has 1 aliphatic heterocycles. The summed E-state index contributed by atoms with van der Waals surface area (Å²) >= 11 is 1.08. The van der Waals surface area contributed by atoms with Crippen LogP contribution in [0.2, 0.25) is 0 Å². The molecule has 0 bridgehead atoms. The van der Waals surface area contributed by atoms with Gasteiger partial charge >= 0.3 is 0 Å². The van der Waals surface area contributed by atoms with Gasteiger partial charge < -0.3 is 10.2 Å². The zero-order valence-corrected chi connectivity index (χ0v) is 14.8. The normalized spacial score (nSPS) is 13.3. The van der Waals surface area contributed by atoms with Crippen LogP contribution in [0.15, 0.2) is 65.2 Å². The van der Waals surface area contributed by atoms with Gasteiger partial charge in [-0.3, -0.25) is 4.79 Å². The first kappa shape index (κ1) is 17.6. The van der Waals surface area contributed by atoms with Crippen molar-refractivity contribution in [3.63, 3.8) is 0 Å². The van der Waals surface area contributed by atoms with Crippen LogP contribution in [0.1, 0.15) is 12.0 Å². The minimum atomic E-state index is -0.302. The van der Waals surface area contributed by atoms with Gasteiger partial charge in [-0.2, -0.15) is 10.5 Å². The summed E-state index contributed by atoms with van der Waals surface area (Å²) in [6.07, 6.45) is 3.26. The number of nitrogens with one attached hydrogen (secondary N) is 1. The van der Waals surface area contributed by atoms with E-state index in [1.54, 1.807) is 29.2 Å². The Morgan fingerprint density at radius 1 is 1.15 bits per heavy atom. The molecule has 2 aromatic carbocycles. The van der Waals surface area contributed by atoms with Gasteiger partial charge in [0.05, 0.1) is 0 Å². The minimum Gasteiger partial charge on any atom is -0.360 e. The summed E-state index contributed by atoms with van der Waals surface area (Å²) in [6, 6.07) is 17.0. The fourth-order valence-electron chi connectivity index (χ4n) is 2.86. The molecule has 0 atom stereocenters. The van der Waals surface area contributed by atoms with Crippen molar-refractivity contribution in [3.8, 4) is 11.5 Å². The molecule has 0 fully saturated rings. The Balaban J connectivity index is 1.76. The first-order valence-electron chi connectivity index (χ1n) is 8.15. The van der Waals surface area contributed by atoms with E-state index in [1.807, 2.05) is 35.7 Å². The Morgan fingerprint density at radius 2 is 1.92 bits per heavy atom. The molecule has 128 valence electrons. The lowest BCUT2D eigenvalue weighted by Gasteiger charge is -2.29. The van der Waals surface area contributed by atoms with E-state index < -0.39 is 0 Å². The molecule has 6 heteroatoms. The summed E-state index contributed by atoms with van der Waals surface area (Å²) in [6.45, 7) is 0.606. The number of hydrogen-bond acceptors (Lipinski definition) is 5. The van der Waals surface area contributed by atoms with Gasteiger partial charge in [0.2, 0.25) is 0 Å². The number of hydrogen-bond donors (Lipinski definition) is 1. The zero-order valence-electron chi connectivity index (χ0n) is 14.0. The third-order valence-corrected chi connectivity index (χ3v) is 4.71. The molecule has 2 aromatic rings. The van der Waals surface area contributed by atoms with Crippen molar-refractivity contribution in [1.29, 1.82) is 10.5 Å². The molecule has 0 radical (unpaired) electrons. The van der Waals surface area contributed by atoms with Crippen LogP contribution in [0, 0.1) is 22.0 Å². The fourth-order valence-corrected chi connectivity index (χ4v) is 3.24. The van der Waals surface area contributed by atoms with Crippen molar-refractivity contribution in [2.24, 2.45) is 0 Å². The third-order valence-electron chi connectivity index (χ3n) is 4.11. The lowest BCUT2D eigenvalue weighted by molar-refractivity contribution is -0.114. The standard InChI is InChI=1S/C20H16N4OS/c21-12-16(13-23-17-7-9-18(10-8-17)26-14-22)20(25)24-11-3-5-15-4-1-2-6-19(15)24/h1-2,4,6-10,13,23H,3,5,11H2/b16-13-. The number of nitrogens with zero attached hydrogens (tertiary/aromatic N) is 3. The van der Waals surface area contributed by atoms with Crippen molar-refractivity contribution in [1.82, 2.24) is 0 Å². The number of rotatable bonds is 4. The maximum atomic E-state index is 12.8. The van der Waals surface area contributed by atoms with Crippen LogP contribution < -0.4 is 10.2 Å². The Bertz CT molecular complexity index is 922. The van der Waals surface area contributed by atoms with Crippen molar-refractivity contribution in [2.45, 2.75) is 17.7 Å². The second-order valence-corrected chi connectivity index (χ2v) is 6.58. The van der Waals surface area contributed by atoms with Crippen LogP contribution in [0.4, 0.5) is 11.4 Å². The SMILES string of the molecule is N#CSc1ccc(N/C=C(/C#N)C(=O)N2CCCc3ccccc32)cc1. The summed E-state index contributed by atoms with van der Waals surface area (Å²) in [5.74, 6) is -0.302. The van der Waals surface area contributed by atoms with Crippen LogP contribution in [0.3, 0.4) is 0 Å². The number of thiocyanates is 1. The number of carbonyl (C=O) groups is 1. The Kier molecular flexibility index (Phi) is 5.58. The lowest BCUT2D eigenvalue weighted by atomic mass is 10.0. The number of fused-ring (bicyclic) bond motifs is 1. The first-order chi connectivity index (χ1) is 12.7. The monoisotopic (exact) mass is 360 g/mol. The van der Waals surface area contributed by atoms with E-state index in [-0.39, 0.29) is 11.5 Å². The summed E-state index contributed by atoms with van der Waals surface area (Å²) in [5.41, 5.74) is 2.80. The van der Waals surface area contributed by atoms with Crippen molar-refractivity contribution in [2.75, 3.05) is 16.8 Å². The highest BCUT2D eigenvalue weighted by Gasteiger charge is 2.24. The van der Waals surface area contributed by atoms with Gasteiger partial charge in [0.15, 0.2) is 0 Å². The Morgan fingerprint density at radius 3 is 2.65 bits per heavy atom. The number of thioether (sulfide) groups is 1. The molecule has 0 spiro atoms. The zero-order chi connectivity index (χ0) is 18.4. The fraction of sp³-hybridized carbons (Fsp3) is 0.150. The molecule has 0 aromatic heterocycles. The van der Waals surface area contributed by atoms with Gasteiger partial charge in [-0.25, -0.2) is 0 Å². The average molecular weight is 360 g/mol. The van der Waals surface area contributed by atoms with Crippen molar-refractivity contribution < 1.29 is 4.79 Å². The molecule has 1 N–H and O–H groups in total. The van der Waals surface area contributed by atoms with Gasteiger partial charge in [-0.1, -0.05) is 18.2 Å². The van der Waals surface area contributed by atoms with Crippen LogP contribution in [-0.4, -0.2) is 12.5 Å². The van der Waals surface area contributed by atoms with Gasteiger partial charge in [0, 0.05) is 29.0 Å². The number of nitriles is 2. The number of anilines is 2. The molecule has 1 heterocycles. The molecule has 1 amide bonds. The van der Waals surface area contributed by atoms with Crippen molar-refractivity contribution >= 4 is 29.0 Å². The van der Waals surface area contributed by atoms with E-state index in [2.05, 4.69) is 5.32 Å². The largest absolute Gasteiger partial charge is 0.360 e. The quantitative estimate of drug-likeness (QED) is 0.385. The molecular weight excluding hydrogens is 344 g/mol. The van der Waals surface area contributed by atoms with Crippen LogP contribution in [0.25, 0.3) is 0 Å². The summed E-state index contributed by atoms with van der Waals surface area (Å²) in [7, 11) is 0. The Hall–Kier alpha value is -3.22. The van der Waals surface area contributed by atoms with Crippen molar-refractivity contribution in [3.05, 3.63) is 65.9 Å². The highest BCUT2D eigenvalue weighted by molar-refractivity contribution is 8.03. The second-order valence-electron chi connectivity index (χ2n) is 5.72. The van der Waals surface area contributed by atoms with E-state index in [0.717, 1.165) is 46.4 Å². The molecule has 3 rings (SSSR count). The van der Waals surface area contributed by atoms with Crippen LogP contribution in [-0.2, 0) is 11.2 Å². The summed E-state index contributed by atoms with van der Waals surface area (Å²) in [5, 5.41) is 23.1. The van der Waals surface area contributed by atoms with Gasteiger partial charge in [0.25, 0.3) is 5.91 Å². The highest BCUT2D eigenvalue weighted by Crippen LogP contribution is 2.28.